The molecule has 0 heterocycles. The number of nitriles is 1. The van der Waals surface area contributed by atoms with E-state index in [1.54, 1.807) is 0 Å². The van der Waals surface area contributed by atoms with Crippen LogP contribution in [0.2, 0.25) is 0 Å². The molecule has 3 rings (SSSR count). The minimum absolute atomic E-state index is 0.619. The average molecular weight is 390 g/mol. The molecule has 0 aliphatic carbocycles. The first-order chi connectivity index (χ1) is 13.4. The minimum Gasteiger partial charge on any atom is -0.378 e. The number of benzene rings is 3. The van der Waals surface area contributed by atoms with E-state index in [0.29, 0.717) is 5.56 Å². The summed E-state index contributed by atoms with van der Waals surface area (Å²) in [5.74, 6) is 0. The molecule has 0 spiro atoms. The fourth-order valence-corrected chi connectivity index (χ4v) is 3.63. The minimum atomic E-state index is -0.844. The highest BCUT2D eigenvalue weighted by atomic mass is 35.5. The number of alkyl halides is 1. The van der Waals surface area contributed by atoms with Gasteiger partial charge in [0.1, 0.15) is 4.87 Å². The molecule has 0 aliphatic rings. The summed E-state index contributed by atoms with van der Waals surface area (Å²) < 4.78 is 0. The van der Waals surface area contributed by atoms with Crippen molar-refractivity contribution in [2.75, 3.05) is 38.0 Å². The lowest BCUT2D eigenvalue weighted by Crippen LogP contribution is -2.23. The molecule has 0 aliphatic heterocycles. The molecule has 142 valence electrons. The van der Waals surface area contributed by atoms with Crippen molar-refractivity contribution in [3.63, 3.8) is 0 Å². The molecule has 0 unspecified atom stereocenters. The van der Waals surface area contributed by atoms with Crippen LogP contribution in [-0.4, -0.2) is 28.2 Å². The van der Waals surface area contributed by atoms with Crippen molar-refractivity contribution >= 4 is 23.0 Å². The highest BCUT2D eigenvalue weighted by Gasteiger charge is 2.34. The summed E-state index contributed by atoms with van der Waals surface area (Å²) in [5.41, 5.74) is 5.76. The van der Waals surface area contributed by atoms with Gasteiger partial charge in [0.25, 0.3) is 0 Å². The molecule has 0 atom stereocenters. The Morgan fingerprint density at radius 2 is 0.964 bits per heavy atom. The second-order valence-electron chi connectivity index (χ2n) is 7.23. The van der Waals surface area contributed by atoms with Crippen molar-refractivity contribution in [3.8, 4) is 6.07 Å². The molecule has 28 heavy (non-hydrogen) atoms. The first kappa shape index (κ1) is 19.8. The predicted octanol–water partition coefficient (Wildman–Crippen LogP) is 5.22. The molecule has 0 saturated heterocycles. The van der Waals surface area contributed by atoms with E-state index < -0.39 is 4.87 Å². The Kier molecular flexibility index (Phi) is 5.63. The van der Waals surface area contributed by atoms with Gasteiger partial charge in [-0.05, 0) is 53.1 Å². The Hall–Kier alpha value is -2.96. The van der Waals surface area contributed by atoms with Gasteiger partial charge >= 0.3 is 0 Å². The van der Waals surface area contributed by atoms with Gasteiger partial charge in [-0.25, -0.2) is 0 Å². The molecular weight excluding hydrogens is 366 g/mol. The largest absolute Gasteiger partial charge is 0.378 e. The molecule has 3 aromatic rings. The maximum Gasteiger partial charge on any atom is 0.119 e. The van der Waals surface area contributed by atoms with E-state index in [0.717, 1.165) is 28.1 Å². The lowest BCUT2D eigenvalue weighted by atomic mass is 9.83. The Bertz CT molecular complexity index is 915. The zero-order valence-corrected chi connectivity index (χ0v) is 17.4. The lowest BCUT2D eigenvalue weighted by Gasteiger charge is -2.30. The fourth-order valence-electron chi connectivity index (χ4n) is 3.25. The first-order valence-corrected chi connectivity index (χ1v) is 9.49. The summed E-state index contributed by atoms with van der Waals surface area (Å²) in [4.78, 5) is 3.28. The normalized spacial score (nSPS) is 11.0. The Labute approximate surface area is 172 Å². The number of nitrogens with zero attached hydrogens (tertiary/aromatic N) is 3. The topological polar surface area (TPSA) is 30.3 Å². The SMILES string of the molecule is CN(C)c1ccc(C(Cl)(c2ccc(C#N)cc2)c2ccc(N(C)C)cc2)cc1. The Morgan fingerprint density at radius 3 is 1.25 bits per heavy atom. The van der Waals surface area contributed by atoms with Crippen LogP contribution in [0.25, 0.3) is 0 Å². The van der Waals surface area contributed by atoms with Crippen LogP contribution in [0.5, 0.6) is 0 Å². The lowest BCUT2D eigenvalue weighted by molar-refractivity contribution is 0.878. The van der Waals surface area contributed by atoms with Crippen LogP contribution in [0.3, 0.4) is 0 Å². The van der Waals surface area contributed by atoms with Crippen LogP contribution >= 0.6 is 11.6 Å². The van der Waals surface area contributed by atoms with Crippen molar-refractivity contribution in [2.24, 2.45) is 0 Å². The third kappa shape index (κ3) is 3.69. The van der Waals surface area contributed by atoms with Crippen molar-refractivity contribution < 1.29 is 0 Å². The van der Waals surface area contributed by atoms with E-state index in [-0.39, 0.29) is 0 Å². The van der Waals surface area contributed by atoms with Gasteiger partial charge in [0, 0.05) is 39.6 Å². The number of hydrogen-bond acceptors (Lipinski definition) is 3. The van der Waals surface area contributed by atoms with E-state index in [1.807, 2.05) is 52.5 Å². The summed E-state index contributed by atoms with van der Waals surface area (Å²) in [6.45, 7) is 0. The highest BCUT2D eigenvalue weighted by Crippen LogP contribution is 2.44. The Morgan fingerprint density at radius 1 is 0.643 bits per heavy atom. The predicted molar refractivity (Wildman–Crippen MR) is 118 cm³/mol. The van der Waals surface area contributed by atoms with Gasteiger partial charge in [0.05, 0.1) is 11.6 Å². The van der Waals surface area contributed by atoms with Crippen molar-refractivity contribution in [3.05, 3.63) is 95.1 Å². The third-order valence-corrected chi connectivity index (χ3v) is 5.63. The van der Waals surface area contributed by atoms with Crippen LogP contribution < -0.4 is 9.80 Å². The van der Waals surface area contributed by atoms with E-state index in [4.69, 9.17) is 16.9 Å². The smallest absolute Gasteiger partial charge is 0.119 e. The second-order valence-corrected chi connectivity index (χ2v) is 7.80. The zero-order chi connectivity index (χ0) is 20.3. The van der Waals surface area contributed by atoms with Crippen LogP contribution in [0.4, 0.5) is 11.4 Å². The second kappa shape index (κ2) is 7.96. The van der Waals surface area contributed by atoms with Crippen molar-refractivity contribution in [2.45, 2.75) is 4.87 Å². The monoisotopic (exact) mass is 389 g/mol. The molecule has 0 saturated carbocycles. The van der Waals surface area contributed by atoms with Gasteiger partial charge in [-0.1, -0.05) is 36.4 Å². The van der Waals surface area contributed by atoms with Gasteiger partial charge in [0.2, 0.25) is 0 Å². The summed E-state index contributed by atoms with van der Waals surface area (Å²) in [5, 5.41) is 9.14. The zero-order valence-electron chi connectivity index (χ0n) is 16.6. The standard InChI is InChI=1S/C24H24ClN3/c1-27(2)22-13-9-20(10-14-22)24(25,19-7-5-18(17-26)6-8-19)21-11-15-23(16-12-21)28(3)4/h5-16H,1-4H3. The van der Waals surface area contributed by atoms with Gasteiger partial charge < -0.3 is 9.80 Å². The maximum atomic E-state index is 9.14. The summed E-state index contributed by atoms with van der Waals surface area (Å²) >= 11 is 7.36. The molecule has 0 amide bonds. The van der Waals surface area contributed by atoms with Gasteiger partial charge in [-0.2, -0.15) is 5.26 Å². The van der Waals surface area contributed by atoms with Crippen molar-refractivity contribution in [1.29, 1.82) is 5.26 Å². The van der Waals surface area contributed by atoms with Gasteiger partial charge in [-0.15, -0.1) is 11.6 Å². The maximum absolute atomic E-state index is 9.14. The highest BCUT2D eigenvalue weighted by molar-refractivity contribution is 6.28. The van der Waals surface area contributed by atoms with E-state index in [2.05, 4.69) is 64.4 Å². The van der Waals surface area contributed by atoms with Gasteiger partial charge in [0.15, 0.2) is 0 Å². The Balaban J connectivity index is 2.16. The quantitative estimate of drug-likeness (QED) is 0.442. The average Bonchev–Trinajstić information content (AvgIpc) is 2.73. The summed E-state index contributed by atoms with van der Waals surface area (Å²) in [6, 6.07) is 26.2. The molecule has 0 N–H and O–H groups in total. The first-order valence-electron chi connectivity index (χ1n) is 9.11. The van der Waals surface area contributed by atoms with E-state index in [1.165, 1.54) is 0 Å². The molecule has 0 aromatic heterocycles. The van der Waals surface area contributed by atoms with Crippen LogP contribution in [0, 0.1) is 11.3 Å². The molecular formula is C24H24ClN3. The molecule has 0 radical (unpaired) electrons. The van der Waals surface area contributed by atoms with Gasteiger partial charge in [-0.3, -0.25) is 0 Å². The number of anilines is 2. The molecule has 3 nitrogen and oxygen atoms in total. The molecule has 3 aromatic carbocycles. The fraction of sp³-hybridized carbons (Fsp3) is 0.208. The summed E-state index contributed by atoms with van der Waals surface area (Å²) in [7, 11) is 8.07. The van der Waals surface area contributed by atoms with E-state index in [9.17, 15) is 0 Å². The van der Waals surface area contributed by atoms with Crippen LogP contribution in [0.1, 0.15) is 22.3 Å². The number of hydrogen-bond donors (Lipinski definition) is 0. The number of rotatable bonds is 5. The van der Waals surface area contributed by atoms with Crippen LogP contribution in [0.15, 0.2) is 72.8 Å². The molecule has 4 heteroatoms. The third-order valence-electron chi connectivity index (χ3n) is 4.97. The van der Waals surface area contributed by atoms with Crippen molar-refractivity contribution in [1.82, 2.24) is 0 Å². The van der Waals surface area contributed by atoms with E-state index >= 15 is 0 Å². The van der Waals surface area contributed by atoms with Crippen LogP contribution in [-0.2, 0) is 4.87 Å². The molecule has 0 fully saturated rings. The molecule has 0 bridgehead atoms. The summed E-state index contributed by atoms with van der Waals surface area (Å²) in [6.07, 6.45) is 0. The number of halogens is 1.